The van der Waals surface area contributed by atoms with Crippen molar-refractivity contribution in [2.75, 3.05) is 6.54 Å². The summed E-state index contributed by atoms with van der Waals surface area (Å²) in [6.45, 7) is 1.10. The van der Waals surface area contributed by atoms with Crippen LogP contribution in [0.5, 0.6) is 0 Å². The van der Waals surface area contributed by atoms with Crippen LogP contribution in [0.1, 0.15) is 36.8 Å². The topological polar surface area (TPSA) is 69.6 Å². The van der Waals surface area contributed by atoms with Crippen molar-refractivity contribution in [2.24, 2.45) is 5.92 Å². The normalized spacial score (nSPS) is 23.5. The fourth-order valence-corrected chi connectivity index (χ4v) is 4.10. The molecule has 1 aliphatic carbocycles. The lowest BCUT2D eigenvalue weighted by Gasteiger charge is -2.33. The molecule has 0 atom stereocenters. The highest BCUT2D eigenvalue weighted by Gasteiger charge is 2.29. The summed E-state index contributed by atoms with van der Waals surface area (Å²) in [5.41, 5.74) is 2.05. The van der Waals surface area contributed by atoms with Crippen LogP contribution in [0.25, 0.3) is 0 Å². The van der Waals surface area contributed by atoms with Gasteiger partial charge in [-0.15, -0.1) is 0 Å². The summed E-state index contributed by atoms with van der Waals surface area (Å²) >= 11 is 12.3. The number of carbonyl (C=O) groups excluding carboxylic acids is 1. The van der Waals surface area contributed by atoms with Crippen LogP contribution in [0.15, 0.2) is 12.1 Å². The zero-order chi connectivity index (χ0) is 17.3. The van der Waals surface area contributed by atoms with Gasteiger partial charge >= 0.3 is 12.0 Å². The molecule has 0 radical (unpaired) electrons. The van der Waals surface area contributed by atoms with E-state index in [9.17, 15) is 9.59 Å². The van der Waals surface area contributed by atoms with Crippen LogP contribution in [-0.4, -0.2) is 34.6 Å². The zero-order valence-electron chi connectivity index (χ0n) is 13.2. The number of rotatable bonds is 2. The molecule has 5 nitrogen and oxygen atoms in total. The molecule has 0 bridgehead atoms. The predicted molar refractivity (Wildman–Crippen MR) is 92.5 cm³/mol. The van der Waals surface area contributed by atoms with E-state index in [0.29, 0.717) is 48.8 Å². The maximum atomic E-state index is 12.5. The number of carboxylic acid groups (broad SMARTS) is 1. The van der Waals surface area contributed by atoms with E-state index in [2.05, 4.69) is 5.32 Å². The molecule has 24 heavy (non-hydrogen) atoms. The Kier molecular flexibility index (Phi) is 5.21. The molecular formula is C17H20Cl2N2O3. The average Bonchev–Trinajstić information content (AvgIpc) is 2.55. The van der Waals surface area contributed by atoms with Crippen LogP contribution < -0.4 is 5.32 Å². The lowest BCUT2D eigenvalue weighted by atomic mass is 9.86. The van der Waals surface area contributed by atoms with E-state index >= 15 is 0 Å². The van der Waals surface area contributed by atoms with Gasteiger partial charge in [0, 0.05) is 29.2 Å². The minimum Gasteiger partial charge on any atom is -0.481 e. The van der Waals surface area contributed by atoms with Gasteiger partial charge in [0.15, 0.2) is 0 Å². The second-order valence-corrected chi connectivity index (χ2v) is 7.38. The van der Waals surface area contributed by atoms with Gasteiger partial charge in [-0.1, -0.05) is 23.2 Å². The van der Waals surface area contributed by atoms with Crippen molar-refractivity contribution in [3.63, 3.8) is 0 Å². The minimum atomic E-state index is -0.735. The molecule has 1 aliphatic heterocycles. The van der Waals surface area contributed by atoms with Crippen molar-refractivity contribution >= 4 is 35.2 Å². The molecule has 1 aromatic rings. The Labute approximate surface area is 150 Å². The van der Waals surface area contributed by atoms with Crippen molar-refractivity contribution in [1.29, 1.82) is 0 Å². The highest BCUT2D eigenvalue weighted by atomic mass is 35.5. The smallest absolute Gasteiger partial charge is 0.317 e. The Balaban J connectivity index is 1.58. The van der Waals surface area contributed by atoms with Gasteiger partial charge < -0.3 is 15.3 Å². The molecule has 130 valence electrons. The number of nitrogens with one attached hydrogen (secondary N) is 1. The largest absolute Gasteiger partial charge is 0.481 e. The Morgan fingerprint density at radius 1 is 1.17 bits per heavy atom. The number of nitrogens with zero attached hydrogens (tertiary/aromatic N) is 1. The molecule has 0 spiro atoms. The Morgan fingerprint density at radius 2 is 1.88 bits per heavy atom. The first-order valence-corrected chi connectivity index (χ1v) is 8.94. The minimum absolute atomic E-state index is 0.0511. The lowest BCUT2D eigenvalue weighted by molar-refractivity contribution is -0.142. The third kappa shape index (κ3) is 3.78. The maximum Gasteiger partial charge on any atom is 0.317 e. The van der Waals surface area contributed by atoms with E-state index < -0.39 is 5.97 Å². The van der Waals surface area contributed by atoms with Crippen LogP contribution in [0.4, 0.5) is 4.79 Å². The number of amides is 2. The maximum absolute atomic E-state index is 12.5. The van der Waals surface area contributed by atoms with E-state index in [1.165, 1.54) is 0 Å². The summed E-state index contributed by atoms with van der Waals surface area (Å²) in [5.74, 6) is -1.01. The van der Waals surface area contributed by atoms with E-state index in [-0.39, 0.29) is 18.0 Å². The molecule has 1 saturated carbocycles. The molecule has 1 aromatic carbocycles. The second kappa shape index (κ2) is 7.19. The zero-order valence-corrected chi connectivity index (χ0v) is 14.7. The van der Waals surface area contributed by atoms with Crippen LogP contribution in [0, 0.1) is 5.92 Å². The van der Waals surface area contributed by atoms with Crippen molar-refractivity contribution in [2.45, 2.75) is 44.7 Å². The van der Waals surface area contributed by atoms with Crippen LogP contribution >= 0.6 is 23.2 Å². The van der Waals surface area contributed by atoms with Gasteiger partial charge in [-0.05, 0) is 55.4 Å². The first-order valence-electron chi connectivity index (χ1n) is 8.19. The molecule has 0 aromatic heterocycles. The van der Waals surface area contributed by atoms with E-state index in [1.54, 1.807) is 11.0 Å². The number of urea groups is 1. The molecule has 1 heterocycles. The van der Waals surface area contributed by atoms with Crippen LogP contribution in [-0.2, 0) is 17.8 Å². The molecule has 2 N–H and O–H groups in total. The van der Waals surface area contributed by atoms with E-state index in [0.717, 1.165) is 17.5 Å². The molecule has 2 aliphatic rings. The summed E-state index contributed by atoms with van der Waals surface area (Å²) in [5, 5.41) is 13.3. The predicted octanol–water partition coefficient (Wildman–Crippen LogP) is 3.70. The van der Waals surface area contributed by atoms with E-state index in [4.69, 9.17) is 28.3 Å². The Morgan fingerprint density at radius 3 is 2.54 bits per heavy atom. The monoisotopic (exact) mass is 370 g/mol. The SMILES string of the molecule is O=C(O)C1CCC(NC(=O)N2CCc3cc(Cl)cc(Cl)c3C2)CC1. The van der Waals surface area contributed by atoms with Crippen molar-refractivity contribution in [1.82, 2.24) is 10.2 Å². The number of halogens is 2. The van der Waals surface area contributed by atoms with Gasteiger partial charge in [-0.25, -0.2) is 4.79 Å². The first-order chi connectivity index (χ1) is 11.4. The molecule has 1 fully saturated rings. The van der Waals surface area contributed by atoms with Crippen molar-refractivity contribution in [3.8, 4) is 0 Å². The van der Waals surface area contributed by atoms with Crippen molar-refractivity contribution in [3.05, 3.63) is 33.3 Å². The van der Waals surface area contributed by atoms with Crippen LogP contribution in [0.2, 0.25) is 10.0 Å². The molecule has 2 amide bonds. The number of aliphatic carboxylic acids is 1. The highest BCUT2D eigenvalue weighted by Crippen LogP contribution is 2.30. The molecule has 3 rings (SSSR count). The standard InChI is InChI=1S/C17H20Cl2N2O3/c18-12-7-11-5-6-21(9-14(11)15(19)8-12)17(24)20-13-3-1-10(2-4-13)16(22)23/h7-8,10,13H,1-6,9H2,(H,20,24)(H,22,23). The number of carbonyl (C=O) groups is 2. The number of fused-ring (bicyclic) bond motifs is 1. The summed E-state index contributed by atoms with van der Waals surface area (Å²) in [6.07, 6.45) is 3.39. The lowest BCUT2D eigenvalue weighted by Crippen LogP contribution is -2.47. The Hall–Kier alpha value is -1.46. The molecule has 0 unspecified atom stereocenters. The average molecular weight is 371 g/mol. The van der Waals surface area contributed by atoms with Gasteiger partial charge in [0.25, 0.3) is 0 Å². The fourth-order valence-electron chi connectivity index (χ4n) is 3.51. The Bertz CT molecular complexity index is 657. The van der Waals surface area contributed by atoms with E-state index in [1.807, 2.05) is 6.07 Å². The van der Waals surface area contributed by atoms with Crippen LogP contribution in [0.3, 0.4) is 0 Å². The van der Waals surface area contributed by atoms with Gasteiger partial charge in [-0.3, -0.25) is 4.79 Å². The van der Waals surface area contributed by atoms with Gasteiger partial charge in [0.05, 0.1) is 5.92 Å². The third-order valence-electron chi connectivity index (χ3n) is 4.94. The highest BCUT2D eigenvalue weighted by molar-refractivity contribution is 6.35. The van der Waals surface area contributed by atoms with Gasteiger partial charge in [0.1, 0.15) is 0 Å². The summed E-state index contributed by atoms with van der Waals surface area (Å²) in [4.78, 5) is 25.2. The van der Waals surface area contributed by atoms with Gasteiger partial charge in [0.2, 0.25) is 0 Å². The molecule has 0 saturated heterocycles. The second-order valence-electron chi connectivity index (χ2n) is 6.53. The third-order valence-corrected chi connectivity index (χ3v) is 5.50. The van der Waals surface area contributed by atoms with Crippen molar-refractivity contribution < 1.29 is 14.7 Å². The molecular weight excluding hydrogens is 351 g/mol. The number of benzene rings is 1. The quantitative estimate of drug-likeness (QED) is 0.833. The summed E-state index contributed by atoms with van der Waals surface area (Å²) in [6, 6.07) is 3.56. The summed E-state index contributed by atoms with van der Waals surface area (Å²) < 4.78 is 0. The number of hydrogen-bond acceptors (Lipinski definition) is 2. The number of carboxylic acids is 1. The number of hydrogen-bond donors (Lipinski definition) is 2. The fraction of sp³-hybridized carbons (Fsp3) is 0.529. The van der Waals surface area contributed by atoms with Gasteiger partial charge in [-0.2, -0.15) is 0 Å². The molecule has 7 heteroatoms. The first kappa shape index (κ1) is 17.4. The summed E-state index contributed by atoms with van der Waals surface area (Å²) in [7, 11) is 0.